The highest BCUT2D eigenvalue weighted by Crippen LogP contribution is 2.34. The Morgan fingerprint density at radius 3 is 2.57 bits per heavy atom. The predicted molar refractivity (Wildman–Crippen MR) is 108 cm³/mol. The Morgan fingerprint density at radius 1 is 1.10 bits per heavy atom. The highest BCUT2D eigenvalue weighted by Gasteiger charge is 2.35. The van der Waals surface area contributed by atoms with Gasteiger partial charge in [-0.2, -0.15) is 10.2 Å². The Hall–Kier alpha value is -3.10. The summed E-state index contributed by atoms with van der Waals surface area (Å²) in [5, 5.41) is 15.7. The van der Waals surface area contributed by atoms with Crippen molar-refractivity contribution in [2.75, 3.05) is 5.32 Å². The fourth-order valence-electron chi connectivity index (χ4n) is 3.40. The van der Waals surface area contributed by atoms with Gasteiger partial charge in [-0.3, -0.25) is 0 Å². The highest BCUT2D eigenvalue weighted by atomic mass is 19.3. The molecular formula is C21H24F2N6O. The van der Waals surface area contributed by atoms with Gasteiger partial charge in [0.05, 0.1) is 11.4 Å². The first-order chi connectivity index (χ1) is 14.4. The molecule has 7 nitrogen and oxygen atoms in total. The van der Waals surface area contributed by atoms with Crippen LogP contribution in [-0.4, -0.2) is 36.9 Å². The molecular weight excluding hydrogens is 390 g/mol. The fourth-order valence-corrected chi connectivity index (χ4v) is 3.40. The van der Waals surface area contributed by atoms with E-state index >= 15 is 0 Å². The summed E-state index contributed by atoms with van der Waals surface area (Å²) in [5.74, 6) is -0.890. The maximum atomic E-state index is 13.5. The number of aromatic nitrogens is 5. The van der Waals surface area contributed by atoms with E-state index < -0.39 is 5.92 Å². The molecule has 0 radical (unpaired) electrons. The van der Waals surface area contributed by atoms with Crippen molar-refractivity contribution in [3.05, 3.63) is 53.5 Å². The van der Waals surface area contributed by atoms with Crippen LogP contribution in [0.25, 0.3) is 5.82 Å². The van der Waals surface area contributed by atoms with E-state index in [0.29, 0.717) is 30.4 Å². The van der Waals surface area contributed by atoms with Gasteiger partial charge in [0.25, 0.3) is 0 Å². The van der Waals surface area contributed by atoms with Crippen LogP contribution in [-0.2, 0) is 6.61 Å². The molecule has 0 bridgehead atoms. The van der Waals surface area contributed by atoms with E-state index in [4.69, 9.17) is 4.74 Å². The molecule has 1 aliphatic carbocycles. The first kappa shape index (κ1) is 20.2. The lowest BCUT2D eigenvalue weighted by atomic mass is 9.92. The van der Waals surface area contributed by atoms with Crippen molar-refractivity contribution in [1.29, 1.82) is 0 Å². The zero-order valence-electron chi connectivity index (χ0n) is 17.0. The number of aryl methyl sites for hydroxylation is 2. The third-order valence-electron chi connectivity index (χ3n) is 5.06. The number of nitrogens with one attached hydrogen (secondary N) is 1. The second-order valence-corrected chi connectivity index (χ2v) is 7.70. The number of rotatable bonds is 6. The molecule has 1 N–H and O–H groups in total. The quantitative estimate of drug-likeness (QED) is 0.650. The van der Waals surface area contributed by atoms with E-state index in [2.05, 4.69) is 25.6 Å². The number of pyridine rings is 1. The normalized spacial score (nSPS) is 16.4. The molecule has 4 rings (SSSR count). The number of hydrogen-bond acceptors (Lipinski definition) is 6. The number of ether oxygens (including phenoxy) is 1. The minimum Gasteiger partial charge on any atom is -0.472 e. The van der Waals surface area contributed by atoms with Gasteiger partial charge in [-0.15, -0.1) is 5.10 Å². The van der Waals surface area contributed by atoms with Crippen LogP contribution in [0, 0.1) is 13.8 Å². The van der Waals surface area contributed by atoms with Crippen molar-refractivity contribution in [3.8, 4) is 11.7 Å². The summed E-state index contributed by atoms with van der Waals surface area (Å²) in [6.07, 6.45) is 2.43. The largest absolute Gasteiger partial charge is 0.472 e. The maximum Gasteiger partial charge on any atom is 0.248 e. The summed E-state index contributed by atoms with van der Waals surface area (Å²) in [4.78, 5) is 4.63. The molecule has 3 aromatic rings. The molecule has 30 heavy (non-hydrogen) atoms. The minimum absolute atomic E-state index is 0.0385. The molecule has 1 aliphatic rings. The van der Waals surface area contributed by atoms with Crippen LogP contribution in [0.2, 0.25) is 0 Å². The van der Waals surface area contributed by atoms with E-state index in [1.54, 1.807) is 10.7 Å². The van der Waals surface area contributed by atoms with E-state index in [9.17, 15) is 8.78 Å². The van der Waals surface area contributed by atoms with Gasteiger partial charge in [0.1, 0.15) is 12.4 Å². The number of anilines is 1. The van der Waals surface area contributed by atoms with Gasteiger partial charge in [0, 0.05) is 31.1 Å². The minimum atomic E-state index is -2.56. The molecule has 0 aromatic carbocycles. The summed E-state index contributed by atoms with van der Waals surface area (Å²) in [6.45, 7) is 4.03. The van der Waals surface area contributed by atoms with Crippen LogP contribution in [0.15, 0.2) is 36.5 Å². The van der Waals surface area contributed by atoms with E-state index in [1.807, 2.05) is 44.3 Å². The van der Waals surface area contributed by atoms with Crippen LogP contribution in [0.4, 0.5) is 14.6 Å². The molecule has 0 atom stereocenters. The molecule has 0 amide bonds. The monoisotopic (exact) mass is 414 g/mol. The van der Waals surface area contributed by atoms with E-state index in [-0.39, 0.29) is 25.5 Å². The van der Waals surface area contributed by atoms with Gasteiger partial charge in [0.2, 0.25) is 11.8 Å². The summed E-state index contributed by atoms with van der Waals surface area (Å²) in [5.41, 5.74) is 2.55. The lowest BCUT2D eigenvalue weighted by Crippen LogP contribution is -2.32. The van der Waals surface area contributed by atoms with Crippen molar-refractivity contribution in [1.82, 2.24) is 25.0 Å². The van der Waals surface area contributed by atoms with Crippen LogP contribution in [0.1, 0.15) is 42.6 Å². The van der Waals surface area contributed by atoms with Gasteiger partial charge in [0.15, 0.2) is 5.82 Å². The molecule has 0 spiro atoms. The summed E-state index contributed by atoms with van der Waals surface area (Å²) in [7, 11) is 0. The Bertz CT molecular complexity index is 995. The maximum absolute atomic E-state index is 13.5. The van der Waals surface area contributed by atoms with E-state index in [1.165, 1.54) is 0 Å². The van der Waals surface area contributed by atoms with Gasteiger partial charge in [-0.1, -0.05) is 0 Å². The Labute approximate surface area is 173 Å². The van der Waals surface area contributed by atoms with Gasteiger partial charge >= 0.3 is 0 Å². The molecule has 158 valence electrons. The molecule has 1 saturated carbocycles. The van der Waals surface area contributed by atoms with Crippen LogP contribution >= 0.6 is 0 Å². The fraction of sp³-hybridized carbons (Fsp3) is 0.429. The molecule has 0 unspecified atom stereocenters. The smallest absolute Gasteiger partial charge is 0.248 e. The van der Waals surface area contributed by atoms with Crippen LogP contribution < -0.4 is 10.1 Å². The summed E-state index contributed by atoms with van der Waals surface area (Å²) < 4.78 is 34.4. The molecule has 3 aromatic heterocycles. The Kier molecular flexibility index (Phi) is 5.61. The SMILES string of the molecule is Cc1ccc(OCc2cc(NC3CCC(F)(F)CC3)nc(-n3ccc(C)n3)c2)nn1. The molecule has 1 fully saturated rings. The first-order valence-corrected chi connectivity index (χ1v) is 9.97. The van der Waals surface area contributed by atoms with Gasteiger partial charge < -0.3 is 10.1 Å². The van der Waals surface area contributed by atoms with Crippen LogP contribution in [0.5, 0.6) is 5.88 Å². The van der Waals surface area contributed by atoms with Gasteiger partial charge in [-0.05, 0) is 56.5 Å². The zero-order chi connectivity index (χ0) is 21.1. The number of nitrogens with zero attached hydrogens (tertiary/aromatic N) is 5. The average molecular weight is 414 g/mol. The van der Waals surface area contributed by atoms with Crippen molar-refractivity contribution in [3.63, 3.8) is 0 Å². The second kappa shape index (κ2) is 8.33. The zero-order valence-corrected chi connectivity index (χ0v) is 17.0. The molecule has 9 heteroatoms. The topological polar surface area (TPSA) is 77.8 Å². The Morgan fingerprint density at radius 2 is 1.90 bits per heavy atom. The highest BCUT2D eigenvalue weighted by molar-refractivity contribution is 5.44. The van der Waals surface area contributed by atoms with Gasteiger partial charge in [-0.25, -0.2) is 18.4 Å². The number of hydrogen-bond donors (Lipinski definition) is 1. The third kappa shape index (κ3) is 5.08. The molecule has 0 aliphatic heterocycles. The lowest BCUT2D eigenvalue weighted by molar-refractivity contribution is -0.0361. The van der Waals surface area contributed by atoms with Crippen LogP contribution in [0.3, 0.4) is 0 Å². The van der Waals surface area contributed by atoms with Crippen molar-refractivity contribution >= 4 is 5.82 Å². The second-order valence-electron chi connectivity index (χ2n) is 7.70. The standard InChI is InChI=1S/C21H24F2N6O/c1-14-3-4-20(27-26-14)30-13-16-11-18(24-17-5-8-21(22,23)9-6-17)25-19(12-16)29-10-7-15(2)28-29/h3-4,7,10-12,17H,5-6,8-9,13H2,1-2H3,(H,24,25). The van der Waals surface area contributed by atoms with Crippen molar-refractivity contribution in [2.45, 2.75) is 58.1 Å². The van der Waals surface area contributed by atoms with E-state index in [0.717, 1.165) is 17.0 Å². The Balaban J connectivity index is 1.54. The molecule has 0 saturated heterocycles. The van der Waals surface area contributed by atoms with Crippen molar-refractivity contribution in [2.24, 2.45) is 0 Å². The predicted octanol–water partition coefficient (Wildman–Crippen LogP) is 4.24. The first-order valence-electron chi connectivity index (χ1n) is 9.97. The van der Waals surface area contributed by atoms with Crippen molar-refractivity contribution < 1.29 is 13.5 Å². The number of alkyl halides is 2. The summed E-state index contributed by atoms with van der Waals surface area (Å²) in [6, 6.07) is 9.20. The number of halogens is 2. The summed E-state index contributed by atoms with van der Waals surface area (Å²) >= 11 is 0. The lowest BCUT2D eigenvalue weighted by Gasteiger charge is -2.29. The average Bonchev–Trinajstić information content (AvgIpc) is 3.16. The third-order valence-corrected chi connectivity index (χ3v) is 5.06. The molecule has 3 heterocycles.